The van der Waals surface area contributed by atoms with E-state index in [0.29, 0.717) is 13.0 Å². The molecule has 1 aliphatic heterocycles. The van der Waals surface area contributed by atoms with Crippen LogP contribution in [0.4, 0.5) is 0 Å². The van der Waals surface area contributed by atoms with Crippen LogP contribution in [-0.4, -0.2) is 36.5 Å². The number of nitrogens with one attached hydrogen (secondary N) is 1. The van der Waals surface area contributed by atoms with E-state index in [1.165, 1.54) is 0 Å². The normalized spacial score (nSPS) is 18.2. The van der Waals surface area contributed by atoms with Crippen LogP contribution in [0.5, 0.6) is 0 Å². The van der Waals surface area contributed by atoms with Gasteiger partial charge in [0.15, 0.2) is 0 Å². The highest BCUT2D eigenvalue weighted by Crippen LogP contribution is 2.12. The number of amides is 2. The van der Waals surface area contributed by atoms with Gasteiger partial charge < -0.3 is 20.5 Å². The molecule has 1 saturated heterocycles. The van der Waals surface area contributed by atoms with E-state index in [1.807, 2.05) is 30.3 Å². The molecule has 1 heterocycles. The van der Waals surface area contributed by atoms with Crippen molar-refractivity contribution >= 4 is 17.8 Å². The summed E-state index contributed by atoms with van der Waals surface area (Å²) >= 11 is 0. The highest BCUT2D eigenvalue weighted by Gasteiger charge is 2.29. The van der Waals surface area contributed by atoms with Gasteiger partial charge in [0.1, 0.15) is 18.8 Å². The minimum atomic E-state index is -1.10. The fraction of sp³-hybridized carbons (Fsp3) is 0.438. The number of nitrogens with two attached hydrogens (primary N) is 1. The van der Waals surface area contributed by atoms with Crippen LogP contribution in [0.3, 0.4) is 0 Å². The average Bonchev–Trinajstić information content (AvgIpc) is 3.07. The third kappa shape index (κ3) is 5.37. The second-order valence-electron chi connectivity index (χ2n) is 5.32. The standard InChI is InChI=1S/C16H20N2O5/c17-15(20)12(18-16(21)13-7-4-8-22-13)9-14(19)23-10-11-5-2-1-3-6-11/h1-3,5-6,12-13H,4,7-10H2,(H2,17,20)(H,18,21)/t12-,13-/m0/s1. The first-order valence-electron chi connectivity index (χ1n) is 7.47. The number of primary amides is 1. The van der Waals surface area contributed by atoms with Crippen LogP contribution >= 0.6 is 0 Å². The molecular weight excluding hydrogens is 300 g/mol. The van der Waals surface area contributed by atoms with Crippen molar-refractivity contribution in [3.63, 3.8) is 0 Å². The summed E-state index contributed by atoms with van der Waals surface area (Å²) in [6, 6.07) is 8.05. The Hall–Kier alpha value is -2.41. The van der Waals surface area contributed by atoms with E-state index in [2.05, 4.69) is 5.32 Å². The molecular formula is C16H20N2O5. The van der Waals surface area contributed by atoms with Gasteiger partial charge in [-0.2, -0.15) is 0 Å². The lowest BCUT2D eigenvalue weighted by Crippen LogP contribution is -2.49. The Morgan fingerprint density at radius 2 is 2.04 bits per heavy atom. The molecule has 0 radical (unpaired) electrons. The fourth-order valence-corrected chi connectivity index (χ4v) is 2.24. The molecule has 0 spiro atoms. The topological polar surface area (TPSA) is 108 Å². The summed E-state index contributed by atoms with van der Waals surface area (Å²) in [6.07, 6.45) is 0.492. The first-order chi connectivity index (χ1) is 11.1. The van der Waals surface area contributed by atoms with E-state index in [4.69, 9.17) is 15.2 Å². The van der Waals surface area contributed by atoms with Crippen LogP contribution in [-0.2, 0) is 30.5 Å². The van der Waals surface area contributed by atoms with Crippen LogP contribution in [0.1, 0.15) is 24.8 Å². The first kappa shape index (κ1) is 17.0. The Labute approximate surface area is 134 Å². The number of carbonyl (C=O) groups is 3. The molecule has 1 aromatic rings. The van der Waals surface area contributed by atoms with Gasteiger partial charge in [0, 0.05) is 6.61 Å². The quantitative estimate of drug-likeness (QED) is 0.701. The van der Waals surface area contributed by atoms with E-state index < -0.39 is 29.9 Å². The van der Waals surface area contributed by atoms with Crippen LogP contribution in [0.15, 0.2) is 30.3 Å². The summed E-state index contributed by atoms with van der Waals surface area (Å²) in [5.41, 5.74) is 6.07. The van der Waals surface area contributed by atoms with Gasteiger partial charge in [-0.3, -0.25) is 14.4 Å². The number of benzene rings is 1. The van der Waals surface area contributed by atoms with Gasteiger partial charge in [-0.15, -0.1) is 0 Å². The van der Waals surface area contributed by atoms with Gasteiger partial charge in [0.25, 0.3) is 0 Å². The zero-order valence-corrected chi connectivity index (χ0v) is 12.7. The summed E-state index contributed by atoms with van der Waals surface area (Å²) in [5, 5.41) is 2.45. The lowest BCUT2D eigenvalue weighted by molar-refractivity contribution is -0.147. The van der Waals surface area contributed by atoms with Crippen molar-refractivity contribution < 1.29 is 23.9 Å². The Kier molecular flexibility index (Phi) is 6.10. The maximum atomic E-state index is 11.9. The largest absolute Gasteiger partial charge is 0.461 e. The number of rotatable bonds is 7. The van der Waals surface area contributed by atoms with E-state index in [1.54, 1.807) is 0 Å². The van der Waals surface area contributed by atoms with E-state index >= 15 is 0 Å². The van der Waals surface area contributed by atoms with Crippen molar-refractivity contribution in [3.05, 3.63) is 35.9 Å². The zero-order valence-electron chi connectivity index (χ0n) is 12.7. The lowest BCUT2D eigenvalue weighted by atomic mass is 10.1. The summed E-state index contributed by atoms with van der Waals surface area (Å²) in [5.74, 6) is -1.82. The van der Waals surface area contributed by atoms with Gasteiger partial charge in [0.2, 0.25) is 11.8 Å². The summed E-state index contributed by atoms with van der Waals surface area (Å²) in [4.78, 5) is 35.2. The monoisotopic (exact) mass is 320 g/mol. The third-order valence-electron chi connectivity index (χ3n) is 3.50. The van der Waals surface area contributed by atoms with Crippen molar-refractivity contribution in [1.82, 2.24) is 5.32 Å². The van der Waals surface area contributed by atoms with Crippen LogP contribution in [0.2, 0.25) is 0 Å². The molecule has 3 N–H and O–H groups in total. The molecule has 2 atom stereocenters. The SMILES string of the molecule is NC(=O)[C@H](CC(=O)OCc1ccccc1)NC(=O)[C@@H]1CCCO1. The lowest BCUT2D eigenvalue weighted by Gasteiger charge is -2.17. The van der Waals surface area contributed by atoms with Gasteiger partial charge in [-0.1, -0.05) is 30.3 Å². The molecule has 7 heteroatoms. The predicted molar refractivity (Wildman–Crippen MR) is 81.0 cm³/mol. The zero-order chi connectivity index (χ0) is 16.7. The maximum Gasteiger partial charge on any atom is 0.308 e. The predicted octanol–water partition coefficient (Wildman–Crippen LogP) is 0.269. The Morgan fingerprint density at radius 1 is 1.30 bits per heavy atom. The molecule has 124 valence electrons. The molecule has 1 aliphatic rings. The smallest absolute Gasteiger partial charge is 0.308 e. The third-order valence-corrected chi connectivity index (χ3v) is 3.50. The van der Waals surface area contributed by atoms with Gasteiger partial charge in [-0.25, -0.2) is 0 Å². The summed E-state index contributed by atoms with van der Waals surface area (Å²) in [6.45, 7) is 0.614. The highest BCUT2D eigenvalue weighted by molar-refractivity contribution is 5.91. The van der Waals surface area contributed by atoms with Crippen LogP contribution < -0.4 is 11.1 Å². The molecule has 0 aliphatic carbocycles. The molecule has 0 saturated carbocycles. The van der Waals surface area contributed by atoms with E-state index in [0.717, 1.165) is 12.0 Å². The van der Waals surface area contributed by atoms with Gasteiger partial charge >= 0.3 is 5.97 Å². The molecule has 23 heavy (non-hydrogen) atoms. The van der Waals surface area contributed by atoms with E-state index in [9.17, 15) is 14.4 Å². The Bertz CT molecular complexity index is 555. The van der Waals surface area contributed by atoms with Crippen molar-refractivity contribution in [2.24, 2.45) is 5.73 Å². The van der Waals surface area contributed by atoms with Crippen molar-refractivity contribution in [1.29, 1.82) is 0 Å². The number of esters is 1. The first-order valence-corrected chi connectivity index (χ1v) is 7.47. The number of hydrogen-bond donors (Lipinski definition) is 2. The van der Waals surface area contributed by atoms with Gasteiger partial charge in [0.05, 0.1) is 6.42 Å². The molecule has 1 fully saturated rings. The Balaban J connectivity index is 1.82. The second kappa shape index (κ2) is 8.28. The molecule has 0 unspecified atom stereocenters. The van der Waals surface area contributed by atoms with Crippen LogP contribution in [0.25, 0.3) is 0 Å². The highest BCUT2D eigenvalue weighted by atomic mass is 16.5. The molecule has 1 aromatic carbocycles. The molecule has 2 rings (SSSR count). The number of carbonyl (C=O) groups excluding carboxylic acids is 3. The molecule has 0 bridgehead atoms. The summed E-state index contributed by atoms with van der Waals surface area (Å²) < 4.78 is 10.3. The van der Waals surface area contributed by atoms with Crippen molar-refractivity contribution in [2.75, 3.05) is 6.61 Å². The fourth-order valence-electron chi connectivity index (χ4n) is 2.24. The average molecular weight is 320 g/mol. The molecule has 0 aromatic heterocycles. The van der Waals surface area contributed by atoms with E-state index in [-0.39, 0.29) is 13.0 Å². The van der Waals surface area contributed by atoms with Gasteiger partial charge in [-0.05, 0) is 18.4 Å². The Morgan fingerprint density at radius 3 is 2.65 bits per heavy atom. The van der Waals surface area contributed by atoms with Crippen LogP contribution in [0, 0.1) is 0 Å². The number of hydrogen-bond acceptors (Lipinski definition) is 5. The van der Waals surface area contributed by atoms with Crippen molar-refractivity contribution in [2.45, 2.75) is 38.0 Å². The van der Waals surface area contributed by atoms with Crippen molar-refractivity contribution in [3.8, 4) is 0 Å². The number of ether oxygens (including phenoxy) is 2. The molecule has 2 amide bonds. The maximum absolute atomic E-state index is 11.9. The minimum Gasteiger partial charge on any atom is -0.461 e. The second-order valence-corrected chi connectivity index (χ2v) is 5.32. The summed E-state index contributed by atoms with van der Waals surface area (Å²) in [7, 11) is 0. The minimum absolute atomic E-state index is 0.102. The molecule has 7 nitrogen and oxygen atoms in total.